The number of hydrogen-bond donors (Lipinski definition) is 1. The molecule has 0 bridgehead atoms. The van der Waals surface area contributed by atoms with Crippen LogP contribution in [0.1, 0.15) is 36.5 Å². The van der Waals surface area contributed by atoms with Crippen molar-refractivity contribution >= 4 is 5.91 Å². The molecule has 1 amide bonds. The summed E-state index contributed by atoms with van der Waals surface area (Å²) < 4.78 is 11.2. The van der Waals surface area contributed by atoms with E-state index in [1.54, 1.807) is 7.11 Å². The average molecular weight is 355 g/mol. The number of carbonyl (C=O) groups excluding carboxylic acids is 1. The van der Waals surface area contributed by atoms with Gasteiger partial charge in [-0.15, -0.1) is 0 Å². The largest absolute Gasteiger partial charge is 0.497 e. The number of carbonyl (C=O) groups is 1. The summed E-state index contributed by atoms with van der Waals surface area (Å²) in [5.74, 6) is 1.58. The highest BCUT2D eigenvalue weighted by atomic mass is 16.5. The zero-order chi connectivity index (χ0) is 18.9. The SMILES string of the molecule is CCC(Oc1ccc(C)cc1C)C(=O)NCCCc1cccc(OC)c1. The van der Waals surface area contributed by atoms with E-state index in [1.165, 1.54) is 11.1 Å². The molecule has 0 heterocycles. The van der Waals surface area contributed by atoms with Gasteiger partial charge in [0.1, 0.15) is 11.5 Å². The van der Waals surface area contributed by atoms with Crippen molar-refractivity contribution in [2.45, 2.75) is 46.1 Å². The van der Waals surface area contributed by atoms with E-state index in [-0.39, 0.29) is 5.91 Å². The second-order valence-electron chi connectivity index (χ2n) is 6.53. The second-order valence-corrected chi connectivity index (χ2v) is 6.53. The Morgan fingerprint density at radius 2 is 1.96 bits per heavy atom. The van der Waals surface area contributed by atoms with Crippen molar-refractivity contribution in [1.29, 1.82) is 0 Å². The molecule has 0 aromatic heterocycles. The Bertz CT molecular complexity index is 727. The molecule has 140 valence electrons. The Hall–Kier alpha value is -2.49. The molecule has 0 aliphatic rings. The van der Waals surface area contributed by atoms with Crippen LogP contribution in [0, 0.1) is 13.8 Å². The van der Waals surface area contributed by atoms with Crippen LogP contribution in [0.2, 0.25) is 0 Å². The van der Waals surface area contributed by atoms with Crippen molar-refractivity contribution in [3.05, 3.63) is 59.2 Å². The van der Waals surface area contributed by atoms with Gasteiger partial charge in [-0.05, 0) is 62.4 Å². The van der Waals surface area contributed by atoms with Crippen molar-refractivity contribution in [2.75, 3.05) is 13.7 Å². The first-order valence-corrected chi connectivity index (χ1v) is 9.18. The van der Waals surface area contributed by atoms with Gasteiger partial charge in [-0.25, -0.2) is 0 Å². The van der Waals surface area contributed by atoms with Gasteiger partial charge in [0.2, 0.25) is 0 Å². The Morgan fingerprint density at radius 1 is 1.15 bits per heavy atom. The molecule has 4 nitrogen and oxygen atoms in total. The summed E-state index contributed by atoms with van der Waals surface area (Å²) in [6.45, 7) is 6.64. The predicted molar refractivity (Wildman–Crippen MR) is 105 cm³/mol. The first kappa shape index (κ1) is 19.8. The van der Waals surface area contributed by atoms with E-state index in [0.29, 0.717) is 13.0 Å². The molecule has 0 aliphatic heterocycles. The van der Waals surface area contributed by atoms with E-state index < -0.39 is 6.10 Å². The molecular weight excluding hydrogens is 326 g/mol. The van der Waals surface area contributed by atoms with Crippen LogP contribution in [0.15, 0.2) is 42.5 Å². The van der Waals surface area contributed by atoms with Gasteiger partial charge in [0.25, 0.3) is 5.91 Å². The number of benzene rings is 2. The number of amides is 1. The summed E-state index contributed by atoms with van der Waals surface area (Å²) in [5, 5.41) is 2.99. The average Bonchev–Trinajstić information content (AvgIpc) is 2.64. The van der Waals surface area contributed by atoms with Gasteiger partial charge in [0, 0.05) is 6.54 Å². The summed E-state index contributed by atoms with van der Waals surface area (Å²) in [4.78, 5) is 12.4. The van der Waals surface area contributed by atoms with Gasteiger partial charge in [-0.3, -0.25) is 4.79 Å². The zero-order valence-corrected chi connectivity index (χ0v) is 16.2. The molecule has 0 spiro atoms. The lowest BCUT2D eigenvalue weighted by atomic mass is 10.1. The third-order valence-electron chi connectivity index (χ3n) is 4.34. The molecule has 0 saturated carbocycles. The maximum atomic E-state index is 12.4. The molecule has 0 fully saturated rings. The first-order chi connectivity index (χ1) is 12.5. The number of hydrogen-bond acceptors (Lipinski definition) is 3. The van der Waals surface area contributed by atoms with Crippen LogP contribution in [-0.2, 0) is 11.2 Å². The Labute approximate surface area is 156 Å². The molecule has 2 aromatic carbocycles. The normalized spacial score (nSPS) is 11.7. The van der Waals surface area contributed by atoms with Gasteiger partial charge in [-0.2, -0.15) is 0 Å². The third-order valence-corrected chi connectivity index (χ3v) is 4.34. The van der Waals surface area contributed by atoms with Crippen molar-refractivity contribution in [3.8, 4) is 11.5 Å². The molecule has 1 unspecified atom stereocenters. The summed E-state index contributed by atoms with van der Waals surface area (Å²) >= 11 is 0. The van der Waals surface area contributed by atoms with Gasteiger partial charge in [-0.1, -0.05) is 36.8 Å². The molecule has 1 atom stereocenters. The summed E-state index contributed by atoms with van der Waals surface area (Å²) in [6, 6.07) is 14.0. The molecular formula is C22H29NO3. The van der Waals surface area contributed by atoms with Crippen molar-refractivity contribution in [1.82, 2.24) is 5.32 Å². The zero-order valence-electron chi connectivity index (χ0n) is 16.2. The van der Waals surface area contributed by atoms with E-state index in [0.717, 1.165) is 29.9 Å². The molecule has 0 saturated heterocycles. The highest BCUT2D eigenvalue weighted by molar-refractivity contribution is 5.81. The standard InChI is InChI=1S/C22H29NO3/c1-5-20(26-21-12-11-16(2)14-17(21)3)22(24)23-13-7-9-18-8-6-10-19(15-18)25-4/h6,8,10-12,14-15,20H,5,7,9,13H2,1-4H3,(H,23,24). The van der Waals surface area contributed by atoms with Crippen LogP contribution in [-0.4, -0.2) is 25.7 Å². The van der Waals surface area contributed by atoms with E-state index in [4.69, 9.17) is 9.47 Å². The quantitative estimate of drug-likeness (QED) is 0.685. The minimum atomic E-state index is -0.465. The minimum Gasteiger partial charge on any atom is -0.497 e. The van der Waals surface area contributed by atoms with Gasteiger partial charge >= 0.3 is 0 Å². The van der Waals surface area contributed by atoms with E-state index in [2.05, 4.69) is 17.4 Å². The number of methoxy groups -OCH3 is 1. The predicted octanol–water partition coefficient (Wildman–Crippen LogP) is 4.22. The lowest BCUT2D eigenvalue weighted by Crippen LogP contribution is -2.38. The number of nitrogens with one attached hydrogen (secondary N) is 1. The van der Waals surface area contributed by atoms with Crippen molar-refractivity contribution in [3.63, 3.8) is 0 Å². The Kier molecular flexibility index (Phi) is 7.52. The molecule has 1 N–H and O–H groups in total. The molecule has 4 heteroatoms. The second kappa shape index (κ2) is 9.85. The number of aryl methyl sites for hydroxylation is 3. The van der Waals surface area contributed by atoms with Gasteiger partial charge in [0.15, 0.2) is 6.10 Å². The van der Waals surface area contributed by atoms with Gasteiger partial charge in [0.05, 0.1) is 7.11 Å². The van der Waals surface area contributed by atoms with Crippen LogP contribution < -0.4 is 14.8 Å². The van der Waals surface area contributed by atoms with Crippen LogP contribution >= 0.6 is 0 Å². The van der Waals surface area contributed by atoms with Gasteiger partial charge < -0.3 is 14.8 Å². The fraction of sp³-hybridized carbons (Fsp3) is 0.409. The van der Waals surface area contributed by atoms with Crippen LogP contribution in [0.25, 0.3) is 0 Å². The van der Waals surface area contributed by atoms with E-state index in [9.17, 15) is 4.79 Å². The lowest BCUT2D eigenvalue weighted by molar-refractivity contribution is -0.128. The van der Waals surface area contributed by atoms with Crippen LogP contribution in [0.5, 0.6) is 11.5 Å². The number of ether oxygens (including phenoxy) is 2. The highest BCUT2D eigenvalue weighted by Gasteiger charge is 2.18. The fourth-order valence-corrected chi connectivity index (χ4v) is 2.85. The maximum Gasteiger partial charge on any atom is 0.261 e. The lowest BCUT2D eigenvalue weighted by Gasteiger charge is -2.19. The minimum absolute atomic E-state index is 0.0573. The molecule has 26 heavy (non-hydrogen) atoms. The van der Waals surface area contributed by atoms with Crippen molar-refractivity contribution < 1.29 is 14.3 Å². The molecule has 0 aliphatic carbocycles. The third kappa shape index (κ3) is 5.80. The smallest absolute Gasteiger partial charge is 0.261 e. The fourth-order valence-electron chi connectivity index (χ4n) is 2.85. The number of rotatable bonds is 9. The summed E-state index contributed by atoms with van der Waals surface area (Å²) in [7, 11) is 1.67. The Balaban J connectivity index is 1.81. The maximum absolute atomic E-state index is 12.4. The Morgan fingerprint density at radius 3 is 2.65 bits per heavy atom. The van der Waals surface area contributed by atoms with Crippen LogP contribution in [0.4, 0.5) is 0 Å². The monoisotopic (exact) mass is 355 g/mol. The topological polar surface area (TPSA) is 47.6 Å². The summed E-state index contributed by atoms with van der Waals surface area (Å²) in [6.07, 6.45) is 1.94. The van der Waals surface area contributed by atoms with Crippen LogP contribution in [0.3, 0.4) is 0 Å². The first-order valence-electron chi connectivity index (χ1n) is 9.18. The van der Waals surface area contributed by atoms with Crippen molar-refractivity contribution in [2.24, 2.45) is 0 Å². The molecule has 2 aromatic rings. The molecule has 0 radical (unpaired) electrons. The van der Waals surface area contributed by atoms with E-state index in [1.807, 2.05) is 51.1 Å². The summed E-state index contributed by atoms with van der Waals surface area (Å²) in [5.41, 5.74) is 3.44. The van der Waals surface area contributed by atoms with E-state index >= 15 is 0 Å². The highest BCUT2D eigenvalue weighted by Crippen LogP contribution is 2.21. The molecule has 2 rings (SSSR count).